The van der Waals surface area contributed by atoms with Gasteiger partial charge in [-0.3, -0.25) is 14.5 Å². The second kappa shape index (κ2) is 7.28. The number of alkyl carbamates (subject to hydrolysis) is 1. The van der Waals surface area contributed by atoms with Gasteiger partial charge in [0, 0.05) is 18.0 Å². The number of hydrogen-bond acceptors (Lipinski definition) is 6. The number of rotatable bonds is 5. The van der Waals surface area contributed by atoms with Gasteiger partial charge in [0.2, 0.25) is 0 Å². The minimum absolute atomic E-state index is 0.130. The summed E-state index contributed by atoms with van der Waals surface area (Å²) in [6.07, 6.45) is 1.15. The number of nitrogens with one attached hydrogen (secondary N) is 1. The maximum absolute atomic E-state index is 12.1. The second-order valence-corrected chi connectivity index (χ2v) is 5.97. The number of thiophene rings is 1. The van der Waals surface area contributed by atoms with E-state index in [2.05, 4.69) is 5.32 Å². The summed E-state index contributed by atoms with van der Waals surface area (Å²) in [6.45, 7) is 2.27. The number of amides is 3. The molecule has 1 aromatic heterocycles. The lowest BCUT2D eigenvalue weighted by Gasteiger charge is -2.12. The SMILES string of the molecule is CCOC(=O)NCCN1C(=O)S/C(=C/c2cccs2)C1=O. The van der Waals surface area contributed by atoms with Crippen molar-refractivity contribution in [2.45, 2.75) is 6.92 Å². The van der Waals surface area contributed by atoms with E-state index in [0.29, 0.717) is 4.91 Å². The van der Waals surface area contributed by atoms with Gasteiger partial charge in [-0.2, -0.15) is 0 Å². The van der Waals surface area contributed by atoms with Crippen molar-refractivity contribution >= 4 is 46.4 Å². The van der Waals surface area contributed by atoms with Crippen LogP contribution in [0.15, 0.2) is 22.4 Å². The smallest absolute Gasteiger partial charge is 0.407 e. The Kier molecular flexibility index (Phi) is 5.40. The molecule has 3 amide bonds. The highest BCUT2D eigenvalue weighted by atomic mass is 32.2. The summed E-state index contributed by atoms with van der Waals surface area (Å²) in [7, 11) is 0. The Bertz CT molecular complexity index is 569. The van der Waals surface area contributed by atoms with Crippen molar-refractivity contribution in [2.24, 2.45) is 0 Å². The first-order chi connectivity index (χ1) is 10.1. The third-order valence-corrected chi connectivity index (χ3v) is 4.30. The molecular formula is C13H14N2O4S2. The molecule has 1 saturated heterocycles. The minimum atomic E-state index is -0.557. The molecule has 0 aromatic carbocycles. The fourth-order valence-corrected chi connectivity index (χ4v) is 3.24. The Morgan fingerprint density at radius 3 is 2.95 bits per heavy atom. The van der Waals surface area contributed by atoms with Crippen molar-refractivity contribution in [1.29, 1.82) is 0 Å². The van der Waals surface area contributed by atoms with Crippen LogP contribution in [0.1, 0.15) is 11.8 Å². The highest BCUT2D eigenvalue weighted by Gasteiger charge is 2.34. The van der Waals surface area contributed by atoms with Crippen LogP contribution in [-0.4, -0.2) is 41.8 Å². The average molecular weight is 326 g/mol. The van der Waals surface area contributed by atoms with Crippen LogP contribution in [0.3, 0.4) is 0 Å². The van der Waals surface area contributed by atoms with Crippen LogP contribution < -0.4 is 5.32 Å². The topological polar surface area (TPSA) is 75.7 Å². The standard InChI is InChI=1S/C13H14N2O4S2/c1-2-19-12(17)14-5-6-15-11(16)10(21-13(15)18)8-9-4-3-7-20-9/h3-4,7-8H,2,5-6H2,1H3,(H,14,17)/b10-8+. The zero-order valence-corrected chi connectivity index (χ0v) is 13.0. The molecule has 21 heavy (non-hydrogen) atoms. The molecule has 112 valence electrons. The first kappa shape index (κ1) is 15.6. The van der Waals surface area contributed by atoms with Crippen LogP contribution in [0.4, 0.5) is 9.59 Å². The number of carbonyl (C=O) groups excluding carboxylic acids is 3. The molecule has 1 aromatic rings. The predicted octanol–water partition coefficient (Wildman–Crippen LogP) is 2.53. The van der Waals surface area contributed by atoms with Crippen LogP contribution in [0.2, 0.25) is 0 Å². The van der Waals surface area contributed by atoms with Gasteiger partial charge in [0.05, 0.1) is 11.5 Å². The van der Waals surface area contributed by atoms with Gasteiger partial charge in [-0.1, -0.05) is 6.07 Å². The molecule has 0 bridgehead atoms. The molecule has 2 heterocycles. The predicted molar refractivity (Wildman–Crippen MR) is 82.0 cm³/mol. The lowest BCUT2D eigenvalue weighted by Crippen LogP contribution is -2.37. The van der Waals surface area contributed by atoms with Crippen LogP contribution in [0.5, 0.6) is 0 Å². The second-order valence-electron chi connectivity index (χ2n) is 4.00. The van der Waals surface area contributed by atoms with Gasteiger partial charge in [-0.25, -0.2) is 4.79 Å². The molecule has 0 saturated carbocycles. The Morgan fingerprint density at radius 2 is 2.29 bits per heavy atom. The number of hydrogen-bond donors (Lipinski definition) is 1. The van der Waals surface area contributed by atoms with E-state index in [1.807, 2.05) is 17.5 Å². The van der Waals surface area contributed by atoms with Gasteiger partial charge in [-0.05, 0) is 36.2 Å². The van der Waals surface area contributed by atoms with Crippen molar-refractivity contribution in [3.63, 3.8) is 0 Å². The van der Waals surface area contributed by atoms with Gasteiger partial charge in [0.1, 0.15) is 0 Å². The maximum Gasteiger partial charge on any atom is 0.407 e. The Hall–Kier alpha value is -1.80. The first-order valence-electron chi connectivity index (χ1n) is 6.31. The van der Waals surface area contributed by atoms with Crippen LogP contribution in [-0.2, 0) is 9.53 Å². The van der Waals surface area contributed by atoms with E-state index in [1.165, 1.54) is 11.3 Å². The van der Waals surface area contributed by atoms with Crippen molar-refractivity contribution in [1.82, 2.24) is 10.2 Å². The van der Waals surface area contributed by atoms with Crippen molar-refractivity contribution < 1.29 is 19.1 Å². The largest absolute Gasteiger partial charge is 0.450 e. The molecule has 0 radical (unpaired) electrons. The lowest BCUT2D eigenvalue weighted by molar-refractivity contribution is -0.122. The first-order valence-corrected chi connectivity index (χ1v) is 8.01. The Balaban J connectivity index is 1.91. The molecule has 0 atom stereocenters. The molecule has 1 aliphatic heterocycles. The van der Waals surface area contributed by atoms with Crippen LogP contribution >= 0.6 is 23.1 Å². The number of imide groups is 1. The summed E-state index contributed by atoms with van der Waals surface area (Å²) in [5.74, 6) is -0.330. The van der Waals surface area contributed by atoms with E-state index >= 15 is 0 Å². The van der Waals surface area contributed by atoms with Crippen LogP contribution in [0, 0.1) is 0 Å². The molecule has 6 nitrogen and oxygen atoms in total. The summed E-state index contributed by atoms with van der Waals surface area (Å²) in [4.78, 5) is 37.5. The van der Waals surface area contributed by atoms with E-state index in [-0.39, 0.29) is 30.8 Å². The third-order valence-electron chi connectivity index (χ3n) is 2.57. The molecule has 1 fully saturated rings. The van der Waals surface area contributed by atoms with E-state index in [9.17, 15) is 14.4 Å². The number of nitrogens with zero attached hydrogens (tertiary/aromatic N) is 1. The summed E-state index contributed by atoms with van der Waals surface area (Å²) < 4.78 is 4.70. The van der Waals surface area contributed by atoms with Gasteiger partial charge in [-0.15, -0.1) is 11.3 Å². The highest BCUT2D eigenvalue weighted by molar-refractivity contribution is 8.18. The molecule has 0 spiro atoms. The van der Waals surface area contributed by atoms with E-state index < -0.39 is 6.09 Å². The minimum Gasteiger partial charge on any atom is -0.450 e. The molecule has 0 aliphatic carbocycles. The average Bonchev–Trinajstić information content (AvgIpc) is 3.03. The lowest BCUT2D eigenvalue weighted by atomic mass is 10.3. The summed E-state index contributed by atoms with van der Waals surface area (Å²) in [6, 6.07) is 3.75. The maximum atomic E-state index is 12.1. The van der Waals surface area contributed by atoms with E-state index in [4.69, 9.17) is 4.74 Å². The molecule has 0 unspecified atom stereocenters. The molecule has 8 heteroatoms. The van der Waals surface area contributed by atoms with Crippen molar-refractivity contribution in [2.75, 3.05) is 19.7 Å². The summed E-state index contributed by atoms with van der Waals surface area (Å²) >= 11 is 2.41. The Morgan fingerprint density at radius 1 is 1.48 bits per heavy atom. The summed E-state index contributed by atoms with van der Waals surface area (Å²) in [5, 5.41) is 4.05. The highest BCUT2D eigenvalue weighted by Crippen LogP contribution is 2.32. The quantitative estimate of drug-likeness (QED) is 0.842. The van der Waals surface area contributed by atoms with Gasteiger partial charge >= 0.3 is 6.09 Å². The molecular weight excluding hydrogens is 312 g/mol. The molecule has 1 N–H and O–H groups in total. The Labute approximate surface area is 130 Å². The van der Waals surface area contributed by atoms with Gasteiger partial charge < -0.3 is 10.1 Å². The number of ether oxygens (including phenoxy) is 1. The zero-order valence-electron chi connectivity index (χ0n) is 11.3. The normalized spacial score (nSPS) is 16.6. The van der Waals surface area contributed by atoms with E-state index in [1.54, 1.807) is 13.0 Å². The molecule has 1 aliphatic rings. The zero-order chi connectivity index (χ0) is 15.2. The van der Waals surface area contributed by atoms with Crippen LogP contribution in [0.25, 0.3) is 6.08 Å². The van der Waals surface area contributed by atoms with Crippen molar-refractivity contribution in [3.8, 4) is 0 Å². The van der Waals surface area contributed by atoms with Gasteiger partial charge in [0.15, 0.2) is 0 Å². The number of thioether (sulfide) groups is 1. The monoisotopic (exact) mass is 326 g/mol. The summed E-state index contributed by atoms with van der Waals surface area (Å²) in [5.41, 5.74) is 0. The van der Waals surface area contributed by atoms with E-state index in [0.717, 1.165) is 21.5 Å². The fraction of sp³-hybridized carbons (Fsp3) is 0.308. The number of carbonyl (C=O) groups is 3. The van der Waals surface area contributed by atoms with Gasteiger partial charge in [0.25, 0.3) is 11.1 Å². The third kappa shape index (κ3) is 4.08. The molecule has 2 rings (SSSR count). The van der Waals surface area contributed by atoms with Crippen molar-refractivity contribution in [3.05, 3.63) is 27.3 Å². The fourth-order valence-electron chi connectivity index (χ4n) is 1.65.